The SMILES string of the molecule is O=C(NCCCN1CCCc2ccccc21)c1cccnc1N1C[C@H]2C[C@H](C1)[C@H]1CCCC(=O)N1C2. The Labute approximate surface area is 213 Å². The van der Waals surface area contributed by atoms with Gasteiger partial charge in [0.25, 0.3) is 5.91 Å². The van der Waals surface area contributed by atoms with Crippen LogP contribution in [0, 0.1) is 11.8 Å². The van der Waals surface area contributed by atoms with Crippen molar-refractivity contribution >= 4 is 23.3 Å². The Bertz CT molecular complexity index is 1120. The highest BCUT2D eigenvalue weighted by molar-refractivity contribution is 5.98. The highest BCUT2D eigenvalue weighted by Crippen LogP contribution is 2.39. The molecule has 3 atom stereocenters. The Morgan fingerprint density at radius 2 is 1.97 bits per heavy atom. The lowest BCUT2D eigenvalue weighted by atomic mass is 9.76. The fraction of sp³-hybridized carbons (Fsp3) is 0.552. The van der Waals surface area contributed by atoms with Crippen LogP contribution in [0.25, 0.3) is 0 Å². The number of amides is 2. The van der Waals surface area contributed by atoms with E-state index in [2.05, 4.69) is 49.3 Å². The predicted octanol–water partition coefficient (Wildman–Crippen LogP) is 3.49. The van der Waals surface area contributed by atoms with Gasteiger partial charge in [0.05, 0.1) is 5.56 Å². The molecule has 7 nitrogen and oxygen atoms in total. The molecule has 3 saturated heterocycles. The van der Waals surface area contributed by atoms with Crippen molar-refractivity contribution in [3.8, 4) is 0 Å². The van der Waals surface area contributed by atoms with Crippen LogP contribution in [0.2, 0.25) is 0 Å². The number of carbonyl (C=O) groups is 2. The van der Waals surface area contributed by atoms with Crippen LogP contribution >= 0.6 is 0 Å². The molecular weight excluding hydrogens is 450 g/mol. The number of rotatable bonds is 6. The predicted molar refractivity (Wildman–Crippen MR) is 141 cm³/mol. The normalized spacial score (nSPS) is 25.3. The van der Waals surface area contributed by atoms with E-state index in [0.29, 0.717) is 42.3 Å². The lowest BCUT2D eigenvalue weighted by Crippen LogP contribution is -2.60. The Morgan fingerprint density at radius 1 is 1.06 bits per heavy atom. The number of benzene rings is 1. The van der Waals surface area contributed by atoms with Crippen molar-refractivity contribution in [2.75, 3.05) is 49.1 Å². The third-order valence-electron chi connectivity index (χ3n) is 8.61. The number of para-hydroxylation sites is 1. The summed E-state index contributed by atoms with van der Waals surface area (Å²) in [5, 5.41) is 3.16. The maximum absolute atomic E-state index is 13.2. The summed E-state index contributed by atoms with van der Waals surface area (Å²) in [5.74, 6) is 2.01. The van der Waals surface area contributed by atoms with Gasteiger partial charge in [0.1, 0.15) is 5.82 Å². The number of carbonyl (C=O) groups excluding carboxylic acids is 2. The van der Waals surface area contributed by atoms with Crippen molar-refractivity contribution in [3.05, 3.63) is 53.7 Å². The van der Waals surface area contributed by atoms with Crippen molar-refractivity contribution in [2.24, 2.45) is 11.8 Å². The molecule has 1 aromatic carbocycles. The van der Waals surface area contributed by atoms with E-state index in [-0.39, 0.29) is 5.91 Å². The first-order valence-electron chi connectivity index (χ1n) is 13.8. The molecule has 2 aromatic rings. The molecule has 7 heteroatoms. The molecule has 2 amide bonds. The third-order valence-corrected chi connectivity index (χ3v) is 8.61. The zero-order chi connectivity index (χ0) is 24.5. The third kappa shape index (κ3) is 4.56. The van der Waals surface area contributed by atoms with E-state index in [0.717, 1.165) is 64.2 Å². The Balaban J connectivity index is 1.08. The standard InChI is InChI=1S/C29H37N5O2/c35-27-12-3-11-26-23-17-21(19-34(26)27)18-33(20-23)28-24(9-4-13-30-28)29(36)31-14-6-16-32-15-5-8-22-7-1-2-10-25(22)32/h1-2,4,7,9-10,13,21,23,26H,3,5-6,8,11-12,14-20H2,(H,31,36)/t21-,23-,26-/m1/s1. The zero-order valence-corrected chi connectivity index (χ0v) is 21.1. The van der Waals surface area contributed by atoms with Gasteiger partial charge in [-0.25, -0.2) is 4.98 Å². The summed E-state index contributed by atoms with van der Waals surface area (Å²) in [4.78, 5) is 37.3. The summed E-state index contributed by atoms with van der Waals surface area (Å²) in [5.41, 5.74) is 3.44. The quantitative estimate of drug-likeness (QED) is 0.632. The van der Waals surface area contributed by atoms with Crippen LogP contribution in [0.4, 0.5) is 11.5 Å². The van der Waals surface area contributed by atoms with E-state index in [9.17, 15) is 9.59 Å². The van der Waals surface area contributed by atoms with E-state index in [1.165, 1.54) is 24.1 Å². The number of nitrogens with one attached hydrogen (secondary N) is 1. The average molecular weight is 488 g/mol. The maximum atomic E-state index is 13.2. The molecule has 190 valence electrons. The van der Waals surface area contributed by atoms with Gasteiger partial charge in [0, 0.05) is 63.6 Å². The highest BCUT2D eigenvalue weighted by atomic mass is 16.2. The van der Waals surface area contributed by atoms with E-state index in [1.807, 2.05) is 12.1 Å². The Kier molecular flexibility index (Phi) is 6.55. The number of piperidine rings is 3. The molecule has 36 heavy (non-hydrogen) atoms. The van der Waals surface area contributed by atoms with Crippen LogP contribution in [0.3, 0.4) is 0 Å². The molecule has 5 heterocycles. The number of aromatic nitrogens is 1. The van der Waals surface area contributed by atoms with Crippen LogP contribution < -0.4 is 15.1 Å². The fourth-order valence-corrected chi connectivity index (χ4v) is 7.02. The second-order valence-electron chi connectivity index (χ2n) is 11.0. The van der Waals surface area contributed by atoms with Crippen molar-refractivity contribution < 1.29 is 9.59 Å². The molecule has 3 fully saturated rings. The smallest absolute Gasteiger partial charge is 0.255 e. The molecule has 6 rings (SSSR count). The van der Waals surface area contributed by atoms with Gasteiger partial charge in [-0.15, -0.1) is 0 Å². The number of aryl methyl sites for hydroxylation is 1. The monoisotopic (exact) mass is 487 g/mol. The number of anilines is 2. The second-order valence-corrected chi connectivity index (χ2v) is 11.0. The molecule has 4 aliphatic rings. The topological polar surface area (TPSA) is 68.8 Å². The minimum absolute atomic E-state index is 0.0395. The summed E-state index contributed by atoms with van der Waals surface area (Å²) < 4.78 is 0. The van der Waals surface area contributed by atoms with Crippen LogP contribution in [-0.4, -0.2) is 67.0 Å². The van der Waals surface area contributed by atoms with E-state index in [1.54, 1.807) is 6.20 Å². The molecule has 0 saturated carbocycles. The molecule has 0 radical (unpaired) electrons. The van der Waals surface area contributed by atoms with Crippen molar-refractivity contribution in [1.29, 1.82) is 0 Å². The molecule has 1 aromatic heterocycles. The van der Waals surface area contributed by atoms with E-state index >= 15 is 0 Å². The van der Waals surface area contributed by atoms with Gasteiger partial charge in [0.15, 0.2) is 0 Å². The summed E-state index contributed by atoms with van der Waals surface area (Å²) in [6.07, 6.45) is 9.03. The number of hydrogen-bond donors (Lipinski definition) is 1. The molecule has 0 aliphatic carbocycles. The molecule has 1 N–H and O–H groups in total. The van der Waals surface area contributed by atoms with Crippen LogP contribution in [0.15, 0.2) is 42.6 Å². The molecule has 2 bridgehead atoms. The largest absolute Gasteiger partial charge is 0.371 e. The molecule has 0 unspecified atom stereocenters. The lowest BCUT2D eigenvalue weighted by molar-refractivity contribution is -0.142. The first-order valence-corrected chi connectivity index (χ1v) is 13.8. The van der Waals surface area contributed by atoms with Crippen molar-refractivity contribution in [1.82, 2.24) is 15.2 Å². The molecule has 0 spiro atoms. The first-order chi connectivity index (χ1) is 17.7. The van der Waals surface area contributed by atoms with Gasteiger partial charge in [0.2, 0.25) is 5.91 Å². The highest BCUT2D eigenvalue weighted by Gasteiger charge is 2.44. The molecular formula is C29H37N5O2. The van der Waals surface area contributed by atoms with Crippen molar-refractivity contribution in [2.45, 2.75) is 51.0 Å². The number of hydrogen-bond acceptors (Lipinski definition) is 5. The molecule has 4 aliphatic heterocycles. The summed E-state index contributed by atoms with van der Waals surface area (Å²) in [6.45, 7) is 5.26. The van der Waals surface area contributed by atoms with Crippen LogP contribution in [0.5, 0.6) is 0 Å². The fourth-order valence-electron chi connectivity index (χ4n) is 7.02. The zero-order valence-electron chi connectivity index (χ0n) is 21.1. The van der Waals surface area contributed by atoms with E-state index < -0.39 is 0 Å². The van der Waals surface area contributed by atoms with Gasteiger partial charge >= 0.3 is 0 Å². The van der Waals surface area contributed by atoms with E-state index in [4.69, 9.17) is 0 Å². The number of fused-ring (bicyclic) bond motifs is 5. The summed E-state index contributed by atoms with van der Waals surface area (Å²) >= 11 is 0. The Morgan fingerprint density at radius 3 is 2.92 bits per heavy atom. The van der Waals surface area contributed by atoms with Gasteiger partial charge in [-0.3, -0.25) is 9.59 Å². The van der Waals surface area contributed by atoms with Gasteiger partial charge < -0.3 is 20.0 Å². The van der Waals surface area contributed by atoms with Crippen molar-refractivity contribution in [3.63, 3.8) is 0 Å². The van der Waals surface area contributed by atoms with Gasteiger partial charge in [-0.1, -0.05) is 18.2 Å². The minimum atomic E-state index is -0.0395. The Hall–Kier alpha value is -3.09. The number of pyridine rings is 1. The first kappa shape index (κ1) is 23.3. The van der Waals surface area contributed by atoms with Gasteiger partial charge in [-0.05, 0) is 74.1 Å². The second kappa shape index (κ2) is 10.1. The maximum Gasteiger partial charge on any atom is 0.255 e. The van der Waals surface area contributed by atoms with Crippen LogP contribution in [-0.2, 0) is 11.2 Å². The van der Waals surface area contributed by atoms with Crippen LogP contribution in [0.1, 0.15) is 54.4 Å². The number of nitrogens with zero attached hydrogens (tertiary/aromatic N) is 4. The summed E-state index contributed by atoms with van der Waals surface area (Å²) in [7, 11) is 0. The minimum Gasteiger partial charge on any atom is -0.371 e. The van der Waals surface area contributed by atoms with Gasteiger partial charge in [-0.2, -0.15) is 0 Å². The summed E-state index contributed by atoms with van der Waals surface area (Å²) in [6, 6.07) is 12.8. The average Bonchev–Trinajstić information content (AvgIpc) is 2.91. The lowest BCUT2D eigenvalue weighted by Gasteiger charge is -2.52.